The molecule has 0 spiro atoms. The Kier molecular flexibility index (Phi) is 7.24. The van der Waals surface area contributed by atoms with Crippen molar-refractivity contribution >= 4 is 11.9 Å². The van der Waals surface area contributed by atoms with Gasteiger partial charge < -0.3 is 24.1 Å². The monoisotopic (exact) mass is 458 g/mol. The molecular weight excluding hydrogens is 433 g/mol. The van der Waals surface area contributed by atoms with Crippen LogP contribution in [0.15, 0.2) is 28.9 Å². The fourth-order valence-corrected chi connectivity index (χ4v) is 3.95. The molecule has 2 aromatic rings. The highest BCUT2D eigenvalue weighted by Crippen LogP contribution is 2.30. The number of hydrogen-bond donors (Lipinski definition) is 2. The maximum Gasteiger partial charge on any atom is 0.490 e. The van der Waals surface area contributed by atoms with Crippen molar-refractivity contribution in [1.82, 2.24) is 19.8 Å². The molecule has 12 heteroatoms. The lowest BCUT2D eigenvalue weighted by atomic mass is 10.0. The first kappa shape index (κ1) is 23.8. The number of nitrogens with zero attached hydrogens (tertiary/aromatic N) is 3. The van der Waals surface area contributed by atoms with Crippen LogP contribution in [0.5, 0.6) is 0 Å². The number of aromatic nitrogens is 2. The van der Waals surface area contributed by atoms with E-state index in [9.17, 15) is 18.0 Å². The van der Waals surface area contributed by atoms with Gasteiger partial charge in [0.2, 0.25) is 0 Å². The van der Waals surface area contributed by atoms with Crippen molar-refractivity contribution in [3.05, 3.63) is 41.9 Å². The molecule has 9 nitrogen and oxygen atoms in total. The second kappa shape index (κ2) is 9.74. The average Bonchev–Trinajstić information content (AvgIpc) is 3.42. The number of aliphatic carboxylic acids is 1. The average molecular weight is 458 g/mol. The molecule has 0 bridgehead atoms. The van der Waals surface area contributed by atoms with Crippen LogP contribution in [0.25, 0.3) is 0 Å². The lowest BCUT2D eigenvalue weighted by molar-refractivity contribution is -0.192. The van der Waals surface area contributed by atoms with Crippen LogP contribution in [-0.4, -0.2) is 68.9 Å². The number of aryl methyl sites for hydroxylation is 2. The first-order valence-corrected chi connectivity index (χ1v) is 10.1. The Morgan fingerprint density at radius 1 is 1.34 bits per heavy atom. The number of likely N-dealkylation sites (tertiary alicyclic amines) is 1. The molecule has 0 radical (unpaired) electrons. The molecule has 0 saturated carbocycles. The summed E-state index contributed by atoms with van der Waals surface area (Å²) in [7, 11) is 1.82. The summed E-state index contributed by atoms with van der Waals surface area (Å²) in [6.45, 7) is 4.21. The van der Waals surface area contributed by atoms with Crippen LogP contribution in [0.2, 0.25) is 0 Å². The molecule has 0 unspecified atom stereocenters. The van der Waals surface area contributed by atoms with E-state index in [1.54, 1.807) is 17.0 Å². The van der Waals surface area contributed by atoms with Crippen molar-refractivity contribution in [3.8, 4) is 0 Å². The number of imidazole rings is 1. The van der Waals surface area contributed by atoms with Crippen LogP contribution in [0, 0.1) is 6.92 Å². The van der Waals surface area contributed by atoms with Gasteiger partial charge in [-0.2, -0.15) is 13.2 Å². The maximum absolute atomic E-state index is 12.5. The number of furan rings is 1. The van der Waals surface area contributed by atoms with Gasteiger partial charge in [0.25, 0.3) is 5.91 Å². The Hall–Kier alpha value is -2.86. The molecule has 2 aliphatic heterocycles. The highest BCUT2D eigenvalue weighted by atomic mass is 19.4. The molecule has 2 fully saturated rings. The van der Waals surface area contributed by atoms with Gasteiger partial charge in [0, 0.05) is 38.6 Å². The molecular formula is C20H25F3N4O5. The number of alkyl halides is 3. The van der Waals surface area contributed by atoms with Crippen molar-refractivity contribution < 1.29 is 37.0 Å². The Labute approximate surface area is 182 Å². The molecule has 4 rings (SSSR count). The smallest absolute Gasteiger partial charge is 0.475 e. The summed E-state index contributed by atoms with van der Waals surface area (Å²) < 4.78 is 45.2. The fourth-order valence-electron chi connectivity index (χ4n) is 3.95. The lowest BCUT2D eigenvalue weighted by Gasteiger charge is -2.32. The number of hydrogen-bond acceptors (Lipinski definition) is 6. The number of halogens is 3. The molecule has 2 N–H and O–H groups in total. The number of fused-ring (bicyclic) bond motifs is 1. The quantitative estimate of drug-likeness (QED) is 0.722. The lowest BCUT2D eigenvalue weighted by Crippen LogP contribution is -2.48. The van der Waals surface area contributed by atoms with Gasteiger partial charge in [-0.3, -0.25) is 9.69 Å². The summed E-state index contributed by atoms with van der Waals surface area (Å²) in [6, 6.07) is 4.28. The predicted molar refractivity (Wildman–Crippen MR) is 105 cm³/mol. The van der Waals surface area contributed by atoms with Gasteiger partial charge in [0.05, 0.1) is 18.7 Å². The van der Waals surface area contributed by atoms with Crippen molar-refractivity contribution in [2.75, 3.05) is 13.2 Å². The third-order valence-electron chi connectivity index (χ3n) is 5.37. The van der Waals surface area contributed by atoms with Crippen LogP contribution in [-0.2, 0) is 23.1 Å². The zero-order valence-corrected chi connectivity index (χ0v) is 17.6. The van der Waals surface area contributed by atoms with Crippen LogP contribution in [0.3, 0.4) is 0 Å². The van der Waals surface area contributed by atoms with E-state index in [2.05, 4.69) is 15.2 Å². The second-order valence-electron chi connectivity index (χ2n) is 7.73. The molecule has 0 aromatic carbocycles. The third-order valence-corrected chi connectivity index (χ3v) is 5.37. The fraction of sp³-hybridized carbons (Fsp3) is 0.550. The van der Waals surface area contributed by atoms with Crippen molar-refractivity contribution in [3.63, 3.8) is 0 Å². The van der Waals surface area contributed by atoms with E-state index in [0.717, 1.165) is 44.1 Å². The minimum absolute atomic E-state index is 0.0222. The van der Waals surface area contributed by atoms with Gasteiger partial charge in [-0.15, -0.1) is 0 Å². The Balaban J connectivity index is 0.000000360. The minimum atomic E-state index is -5.08. The zero-order valence-electron chi connectivity index (χ0n) is 17.6. The van der Waals surface area contributed by atoms with Crippen molar-refractivity contribution in [2.24, 2.45) is 7.05 Å². The predicted octanol–water partition coefficient (Wildman–Crippen LogP) is 2.12. The maximum atomic E-state index is 12.5. The van der Waals surface area contributed by atoms with E-state index >= 15 is 0 Å². The summed E-state index contributed by atoms with van der Waals surface area (Å²) in [5.74, 6) is -0.607. The molecule has 32 heavy (non-hydrogen) atoms. The summed E-state index contributed by atoms with van der Waals surface area (Å²) in [5.41, 5.74) is 0. The number of ether oxygens (including phenoxy) is 1. The first-order chi connectivity index (χ1) is 15.1. The molecule has 2 aliphatic rings. The summed E-state index contributed by atoms with van der Waals surface area (Å²) in [6.07, 6.45) is 0.479. The van der Waals surface area contributed by atoms with Crippen LogP contribution in [0.4, 0.5) is 13.2 Å². The topological polar surface area (TPSA) is 110 Å². The first-order valence-electron chi connectivity index (χ1n) is 10.1. The van der Waals surface area contributed by atoms with E-state index in [0.29, 0.717) is 11.9 Å². The Morgan fingerprint density at radius 2 is 2.06 bits per heavy atom. The van der Waals surface area contributed by atoms with Crippen LogP contribution < -0.4 is 5.32 Å². The Morgan fingerprint density at radius 3 is 2.62 bits per heavy atom. The van der Waals surface area contributed by atoms with Crippen LogP contribution in [0.1, 0.15) is 35.0 Å². The number of nitrogens with one attached hydrogen (secondary N) is 1. The molecule has 0 aliphatic carbocycles. The van der Waals surface area contributed by atoms with Gasteiger partial charge in [-0.25, -0.2) is 9.78 Å². The van der Waals surface area contributed by atoms with E-state index in [-0.39, 0.29) is 18.1 Å². The van der Waals surface area contributed by atoms with E-state index in [1.165, 1.54) is 0 Å². The van der Waals surface area contributed by atoms with E-state index in [1.807, 2.05) is 26.1 Å². The summed E-state index contributed by atoms with van der Waals surface area (Å²) in [4.78, 5) is 27.9. The number of amides is 1. The van der Waals surface area contributed by atoms with Crippen molar-refractivity contribution in [2.45, 2.75) is 50.7 Å². The summed E-state index contributed by atoms with van der Waals surface area (Å²) >= 11 is 0. The molecule has 3 atom stereocenters. The standard InChI is InChI=1S/C18H24N4O3.C2HF3O2/c1-12-5-6-13(25-12)10-22-11-14(16-15(22)4-3-9-24-16)20-18(23)17-19-7-8-21(17)2;3-2(4,5)1(6)7/h5-8,14-16H,3-4,9-11H2,1-2H3,(H,20,23);(H,6,7)/t14-,15-,16-;/m1./s1. The molecule has 2 aromatic heterocycles. The van der Waals surface area contributed by atoms with Gasteiger partial charge in [-0.05, 0) is 31.9 Å². The normalized spacial score (nSPS) is 23.2. The van der Waals surface area contributed by atoms with Gasteiger partial charge >= 0.3 is 12.1 Å². The third kappa shape index (κ3) is 5.68. The highest BCUT2D eigenvalue weighted by molar-refractivity contribution is 5.91. The molecule has 176 valence electrons. The number of carboxylic acid groups (broad SMARTS) is 1. The second-order valence-corrected chi connectivity index (χ2v) is 7.73. The van der Waals surface area contributed by atoms with E-state index in [4.69, 9.17) is 19.1 Å². The molecule has 2 saturated heterocycles. The highest BCUT2D eigenvalue weighted by Gasteiger charge is 2.45. The van der Waals surface area contributed by atoms with Gasteiger partial charge in [0.15, 0.2) is 5.82 Å². The van der Waals surface area contributed by atoms with Gasteiger partial charge in [0.1, 0.15) is 11.5 Å². The number of rotatable bonds is 4. The SMILES string of the molecule is Cc1ccc(CN2C[C@@H](NC(=O)c3nccn3C)[C@H]3OCCC[C@H]32)o1.O=C(O)C(F)(F)F. The van der Waals surface area contributed by atoms with Crippen LogP contribution >= 0.6 is 0 Å². The van der Waals surface area contributed by atoms with Crippen molar-refractivity contribution in [1.29, 1.82) is 0 Å². The zero-order chi connectivity index (χ0) is 23.5. The van der Waals surface area contributed by atoms with Gasteiger partial charge in [-0.1, -0.05) is 0 Å². The number of carbonyl (C=O) groups excluding carboxylic acids is 1. The Bertz CT molecular complexity index is 942. The number of carboxylic acids is 1. The number of carbonyl (C=O) groups is 2. The largest absolute Gasteiger partial charge is 0.490 e. The molecule has 4 heterocycles. The summed E-state index contributed by atoms with van der Waals surface area (Å²) in [5, 5.41) is 10.2. The van der Waals surface area contributed by atoms with E-state index < -0.39 is 12.1 Å². The molecule has 1 amide bonds. The minimum Gasteiger partial charge on any atom is -0.475 e.